The second-order valence-electron chi connectivity index (χ2n) is 5.08. The molecule has 1 fully saturated rings. The summed E-state index contributed by atoms with van der Waals surface area (Å²) in [6.07, 6.45) is 2.22. The Bertz CT molecular complexity index is 312. The third-order valence-electron chi connectivity index (χ3n) is 3.73. The molecule has 1 aliphatic rings. The first kappa shape index (κ1) is 15.8. The molecule has 1 saturated carbocycles. The summed E-state index contributed by atoms with van der Waals surface area (Å²) in [7, 11) is 0. The molecular weight excluding hydrogens is 246 g/mol. The Morgan fingerprint density at radius 3 is 2.32 bits per heavy atom. The lowest BCUT2D eigenvalue weighted by Gasteiger charge is -2.18. The molecule has 0 heterocycles. The standard InChI is InChI=1S/C13H25N3O3/c1-3-16(4-2)9-5-8-14-12(19)15-10-13(6-7-13)11(17)18/h3-10H2,1-2H3,(H,17,18)(H2,14,15,19). The number of rotatable bonds is 9. The van der Waals surface area contributed by atoms with E-state index in [4.69, 9.17) is 5.11 Å². The number of aliphatic carboxylic acids is 1. The summed E-state index contributed by atoms with van der Waals surface area (Å²) < 4.78 is 0. The van der Waals surface area contributed by atoms with E-state index in [0.717, 1.165) is 26.1 Å². The minimum absolute atomic E-state index is 0.226. The van der Waals surface area contributed by atoms with E-state index < -0.39 is 11.4 Å². The van der Waals surface area contributed by atoms with Gasteiger partial charge in [-0.3, -0.25) is 4.79 Å². The van der Waals surface area contributed by atoms with Crippen LogP contribution in [0.4, 0.5) is 4.79 Å². The number of nitrogens with one attached hydrogen (secondary N) is 2. The van der Waals surface area contributed by atoms with E-state index in [-0.39, 0.29) is 12.6 Å². The number of hydrogen-bond acceptors (Lipinski definition) is 3. The zero-order valence-electron chi connectivity index (χ0n) is 11.9. The minimum Gasteiger partial charge on any atom is -0.481 e. The number of amides is 2. The lowest BCUT2D eigenvalue weighted by atomic mass is 10.1. The van der Waals surface area contributed by atoms with E-state index in [9.17, 15) is 9.59 Å². The number of hydrogen-bond donors (Lipinski definition) is 3. The van der Waals surface area contributed by atoms with Crippen LogP contribution in [-0.4, -0.2) is 54.7 Å². The van der Waals surface area contributed by atoms with Gasteiger partial charge in [-0.2, -0.15) is 0 Å². The largest absolute Gasteiger partial charge is 0.481 e. The van der Waals surface area contributed by atoms with Crippen molar-refractivity contribution in [2.75, 3.05) is 32.7 Å². The van der Waals surface area contributed by atoms with Crippen molar-refractivity contribution in [1.29, 1.82) is 0 Å². The molecule has 0 unspecified atom stereocenters. The predicted molar refractivity (Wildman–Crippen MR) is 73.1 cm³/mol. The van der Waals surface area contributed by atoms with Crippen molar-refractivity contribution in [3.05, 3.63) is 0 Å². The second-order valence-corrected chi connectivity index (χ2v) is 5.08. The fraction of sp³-hybridized carbons (Fsp3) is 0.846. The van der Waals surface area contributed by atoms with Crippen molar-refractivity contribution >= 4 is 12.0 Å². The first-order valence-corrected chi connectivity index (χ1v) is 7.01. The van der Waals surface area contributed by atoms with E-state index in [1.54, 1.807) is 0 Å². The summed E-state index contributed by atoms with van der Waals surface area (Å²) >= 11 is 0. The van der Waals surface area contributed by atoms with Crippen LogP contribution in [0, 0.1) is 5.41 Å². The molecule has 1 aliphatic carbocycles. The topological polar surface area (TPSA) is 81.7 Å². The van der Waals surface area contributed by atoms with Gasteiger partial charge < -0.3 is 20.6 Å². The van der Waals surface area contributed by atoms with Crippen LogP contribution in [0.2, 0.25) is 0 Å². The molecular formula is C13H25N3O3. The van der Waals surface area contributed by atoms with Gasteiger partial charge in [0.1, 0.15) is 0 Å². The molecule has 0 radical (unpaired) electrons. The van der Waals surface area contributed by atoms with Crippen molar-refractivity contribution in [3.8, 4) is 0 Å². The molecule has 1 rings (SSSR count). The van der Waals surface area contributed by atoms with Gasteiger partial charge >= 0.3 is 12.0 Å². The summed E-state index contributed by atoms with van der Waals surface area (Å²) in [4.78, 5) is 24.7. The lowest BCUT2D eigenvalue weighted by molar-refractivity contribution is -0.143. The third-order valence-corrected chi connectivity index (χ3v) is 3.73. The van der Waals surface area contributed by atoms with Crippen LogP contribution in [-0.2, 0) is 4.79 Å². The van der Waals surface area contributed by atoms with Crippen LogP contribution in [0.25, 0.3) is 0 Å². The lowest BCUT2D eigenvalue weighted by Crippen LogP contribution is -2.41. The highest BCUT2D eigenvalue weighted by atomic mass is 16.4. The number of urea groups is 1. The van der Waals surface area contributed by atoms with Crippen molar-refractivity contribution in [2.45, 2.75) is 33.1 Å². The Balaban J connectivity index is 2.07. The van der Waals surface area contributed by atoms with E-state index in [1.165, 1.54) is 0 Å². The summed E-state index contributed by atoms with van der Waals surface area (Å²) in [5, 5.41) is 14.4. The summed E-state index contributed by atoms with van der Waals surface area (Å²) in [6.45, 7) is 8.07. The quantitative estimate of drug-likeness (QED) is 0.544. The molecule has 0 bridgehead atoms. The Morgan fingerprint density at radius 2 is 1.84 bits per heavy atom. The third kappa shape index (κ3) is 5.06. The van der Waals surface area contributed by atoms with Crippen LogP contribution in [0.1, 0.15) is 33.1 Å². The maximum Gasteiger partial charge on any atom is 0.314 e. The Labute approximate surface area is 114 Å². The second kappa shape index (κ2) is 7.33. The zero-order valence-corrected chi connectivity index (χ0v) is 11.9. The van der Waals surface area contributed by atoms with Crippen molar-refractivity contribution in [2.24, 2.45) is 5.41 Å². The van der Waals surface area contributed by atoms with Crippen LogP contribution < -0.4 is 10.6 Å². The molecule has 0 saturated heterocycles. The average molecular weight is 271 g/mol. The highest BCUT2D eigenvalue weighted by molar-refractivity contribution is 5.80. The number of carbonyl (C=O) groups excluding carboxylic acids is 1. The number of carboxylic acids is 1. The normalized spacial score (nSPS) is 16.2. The van der Waals surface area contributed by atoms with E-state index in [0.29, 0.717) is 19.4 Å². The van der Waals surface area contributed by atoms with Crippen LogP contribution in [0.3, 0.4) is 0 Å². The molecule has 0 aromatic carbocycles. The molecule has 110 valence electrons. The zero-order chi connectivity index (χ0) is 14.3. The van der Waals surface area contributed by atoms with E-state index in [2.05, 4.69) is 29.4 Å². The SMILES string of the molecule is CCN(CC)CCCNC(=O)NCC1(C(=O)O)CC1. The molecule has 0 aliphatic heterocycles. The maximum absolute atomic E-state index is 11.5. The van der Waals surface area contributed by atoms with Gasteiger partial charge in [0, 0.05) is 13.1 Å². The predicted octanol–water partition coefficient (Wildman–Crippen LogP) is 0.882. The molecule has 3 N–H and O–H groups in total. The van der Waals surface area contributed by atoms with Gasteiger partial charge in [-0.1, -0.05) is 13.8 Å². The molecule has 0 atom stereocenters. The first-order chi connectivity index (χ1) is 9.04. The molecule has 0 spiro atoms. The van der Waals surface area contributed by atoms with Crippen LogP contribution >= 0.6 is 0 Å². The Hall–Kier alpha value is -1.30. The number of carbonyl (C=O) groups is 2. The summed E-state index contributed by atoms with van der Waals surface area (Å²) in [5.41, 5.74) is -0.696. The van der Waals surface area contributed by atoms with Crippen LogP contribution in [0.15, 0.2) is 0 Å². The Morgan fingerprint density at radius 1 is 1.21 bits per heavy atom. The summed E-state index contributed by atoms with van der Waals surface area (Å²) in [5.74, 6) is -0.811. The monoisotopic (exact) mass is 271 g/mol. The minimum atomic E-state index is -0.811. The van der Waals surface area contributed by atoms with Gasteiger partial charge in [-0.15, -0.1) is 0 Å². The molecule has 19 heavy (non-hydrogen) atoms. The fourth-order valence-corrected chi connectivity index (χ4v) is 1.97. The molecule has 6 heteroatoms. The van der Waals surface area contributed by atoms with Gasteiger partial charge in [0.2, 0.25) is 0 Å². The van der Waals surface area contributed by atoms with Crippen molar-refractivity contribution < 1.29 is 14.7 Å². The summed E-state index contributed by atoms with van der Waals surface area (Å²) in [6, 6.07) is -0.271. The first-order valence-electron chi connectivity index (χ1n) is 7.01. The van der Waals surface area contributed by atoms with Gasteiger partial charge in [-0.25, -0.2) is 4.79 Å². The van der Waals surface area contributed by atoms with Gasteiger partial charge in [-0.05, 0) is 38.9 Å². The highest BCUT2D eigenvalue weighted by Gasteiger charge is 2.50. The Kier molecular flexibility index (Phi) is 6.08. The molecule has 2 amide bonds. The van der Waals surface area contributed by atoms with Crippen molar-refractivity contribution in [1.82, 2.24) is 15.5 Å². The smallest absolute Gasteiger partial charge is 0.314 e. The van der Waals surface area contributed by atoms with E-state index >= 15 is 0 Å². The fourth-order valence-electron chi connectivity index (χ4n) is 1.97. The van der Waals surface area contributed by atoms with Crippen LogP contribution in [0.5, 0.6) is 0 Å². The van der Waals surface area contributed by atoms with E-state index in [1.807, 2.05) is 0 Å². The van der Waals surface area contributed by atoms with Gasteiger partial charge in [0.25, 0.3) is 0 Å². The molecule has 0 aromatic heterocycles. The van der Waals surface area contributed by atoms with Gasteiger partial charge in [0.05, 0.1) is 5.41 Å². The highest BCUT2D eigenvalue weighted by Crippen LogP contribution is 2.45. The van der Waals surface area contributed by atoms with Gasteiger partial charge in [0.15, 0.2) is 0 Å². The molecule has 0 aromatic rings. The molecule has 6 nitrogen and oxygen atoms in total. The maximum atomic E-state index is 11.5. The number of nitrogens with zero attached hydrogens (tertiary/aromatic N) is 1. The van der Waals surface area contributed by atoms with Crippen molar-refractivity contribution in [3.63, 3.8) is 0 Å². The number of carboxylic acid groups (broad SMARTS) is 1. The average Bonchev–Trinajstić information content (AvgIpc) is 3.18.